The van der Waals surface area contributed by atoms with E-state index in [2.05, 4.69) is 0 Å². The van der Waals surface area contributed by atoms with Crippen LogP contribution in [0.4, 0.5) is 0 Å². The van der Waals surface area contributed by atoms with Gasteiger partial charge in [-0.1, -0.05) is 18.2 Å². The number of carbonyl (C=O) groups is 1. The fraction of sp³-hybridized carbons (Fsp3) is 0.235. The highest BCUT2D eigenvalue weighted by Gasteiger charge is 2.13. The Kier molecular flexibility index (Phi) is 5.21. The number of benzene rings is 2. The zero-order valence-electron chi connectivity index (χ0n) is 12.2. The Morgan fingerprint density at radius 3 is 2.24 bits per heavy atom. The molecule has 0 bridgehead atoms. The molecule has 2 aromatic carbocycles. The molecule has 0 atom stereocenters. The lowest BCUT2D eigenvalue weighted by Crippen LogP contribution is -2.09. The first-order valence-electron chi connectivity index (χ1n) is 6.91. The average Bonchev–Trinajstić information content (AvgIpc) is 2.50. The van der Waals surface area contributed by atoms with E-state index in [9.17, 15) is 4.79 Å². The SMILES string of the molecule is CCOc1ccc(C(=O)Oc2ccccc2)cc1OCC. The Bertz CT molecular complexity index is 593. The zero-order valence-corrected chi connectivity index (χ0v) is 12.2. The molecule has 0 aliphatic rings. The lowest BCUT2D eigenvalue weighted by molar-refractivity contribution is 0.0734. The molecule has 0 heterocycles. The maximum atomic E-state index is 12.1. The zero-order chi connectivity index (χ0) is 15.1. The summed E-state index contributed by atoms with van der Waals surface area (Å²) < 4.78 is 16.3. The summed E-state index contributed by atoms with van der Waals surface area (Å²) in [5, 5.41) is 0. The lowest BCUT2D eigenvalue weighted by atomic mass is 10.2. The van der Waals surface area contributed by atoms with Crippen LogP contribution in [0, 0.1) is 0 Å². The van der Waals surface area contributed by atoms with Gasteiger partial charge in [-0.15, -0.1) is 0 Å². The van der Waals surface area contributed by atoms with Crippen LogP contribution in [0.15, 0.2) is 48.5 Å². The summed E-state index contributed by atoms with van der Waals surface area (Å²) in [7, 11) is 0. The molecule has 0 saturated heterocycles. The highest BCUT2D eigenvalue weighted by atomic mass is 16.5. The van der Waals surface area contributed by atoms with Crippen LogP contribution in [0.5, 0.6) is 17.2 Å². The Morgan fingerprint density at radius 1 is 0.905 bits per heavy atom. The highest BCUT2D eigenvalue weighted by Crippen LogP contribution is 2.29. The molecule has 21 heavy (non-hydrogen) atoms. The van der Waals surface area contributed by atoms with Gasteiger partial charge in [0.15, 0.2) is 11.5 Å². The quantitative estimate of drug-likeness (QED) is 0.600. The predicted octanol–water partition coefficient (Wildman–Crippen LogP) is 3.70. The van der Waals surface area contributed by atoms with Gasteiger partial charge in [0.2, 0.25) is 0 Å². The molecule has 0 amide bonds. The maximum absolute atomic E-state index is 12.1. The standard InChI is InChI=1S/C17H18O4/c1-3-19-15-11-10-13(12-16(15)20-4-2)17(18)21-14-8-6-5-7-9-14/h5-12H,3-4H2,1-2H3. The van der Waals surface area contributed by atoms with Crippen LogP contribution in [0.25, 0.3) is 0 Å². The van der Waals surface area contributed by atoms with Gasteiger partial charge in [0.1, 0.15) is 5.75 Å². The lowest BCUT2D eigenvalue weighted by Gasteiger charge is -2.12. The minimum atomic E-state index is -0.426. The van der Waals surface area contributed by atoms with Crippen LogP contribution in [0.1, 0.15) is 24.2 Å². The number of esters is 1. The van der Waals surface area contributed by atoms with Crippen molar-refractivity contribution in [3.05, 3.63) is 54.1 Å². The van der Waals surface area contributed by atoms with Crippen LogP contribution < -0.4 is 14.2 Å². The largest absolute Gasteiger partial charge is 0.490 e. The van der Waals surface area contributed by atoms with Gasteiger partial charge in [-0.2, -0.15) is 0 Å². The average molecular weight is 286 g/mol. The van der Waals surface area contributed by atoms with Crippen LogP contribution in [-0.4, -0.2) is 19.2 Å². The molecule has 2 aromatic rings. The Morgan fingerprint density at radius 2 is 1.57 bits per heavy atom. The van der Waals surface area contributed by atoms with Crippen molar-refractivity contribution in [1.29, 1.82) is 0 Å². The second kappa shape index (κ2) is 7.33. The van der Waals surface area contributed by atoms with E-state index in [4.69, 9.17) is 14.2 Å². The van der Waals surface area contributed by atoms with Gasteiger partial charge in [-0.25, -0.2) is 4.79 Å². The number of carbonyl (C=O) groups excluding carboxylic acids is 1. The summed E-state index contributed by atoms with van der Waals surface area (Å²) in [5.74, 6) is 1.25. The van der Waals surface area contributed by atoms with E-state index in [1.165, 1.54) is 0 Å². The van der Waals surface area contributed by atoms with Crippen molar-refractivity contribution >= 4 is 5.97 Å². The van der Waals surface area contributed by atoms with Gasteiger partial charge < -0.3 is 14.2 Å². The number of hydrogen-bond donors (Lipinski definition) is 0. The Balaban J connectivity index is 2.19. The van der Waals surface area contributed by atoms with E-state index in [1.54, 1.807) is 30.3 Å². The first-order valence-corrected chi connectivity index (χ1v) is 6.91. The van der Waals surface area contributed by atoms with Gasteiger partial charge in [-0.05, 0) is 44.2 Å². The second-order valence-electron chi connectivity index (χ2n) is 4.23. The van der Waals surface area contributed by atoms with Gasteiger partial charge in [0.05, 0.1) is 18.8 Å². The summed E-state index contributed by atoms with van der Waals surface area (Å²) in [6, 6.07) is 14.0. The minimum Gasteiger partial charge on any atom is -0.490 e. The molecular weight excluding hydrogens is 268 g/mol. The summed E-state index contributed by atoms with van der Waals surface area (Å²) in [5.41, 5.74) is 0.422. The summed E-state index contributed by atoms with van der Waals surface area (Å²) >= 11 is 0. The van der Waals surface area contributed by atoms with Gasteiger partial charge >= 0.3 is 5.97 Å². The molecule has 0 N–H and O–H groups in total. The molecule has 4 heteroatoms. The van der Waals surface area contributed by atoms with Gasteiger partial charge in [0, 0.05) is 0 Å². The fourth-order valence-electron chi connectivity index (χ4n) is 1.83. The van der Waals surface area contributed by atoms with Crippen molar-refractivity contribution < 1.29 is 19.0 Å². The van der Waals surface area contributed by atoms with E-state index < -0.39 is 5.97 Å². The topological polar surface area (TPSA) is 44.8 Å². The van der Waals surface area contributed by atoms with E-state index in [-0.39, 0.29) is 0 Å². The molecule has 0 aromatic heterocycles. The minimum absolute atomic E-state index is 0.422. The molecule has 4 nitrogen and oxygen atoms in total. The van der Waals surface area contributed by atoms with E-state index in [1.807, 2.05) is 32.0 Å². The predicted molar refractivity (Wildman–Crippen MR) is 80.2 cm³/mol. The van der Waals surface area contributed by atoms with Crippen molar-refractivity contribution in [3.8, 4) is 17.2 Å². The third-order valence-corrected chi connectivity index (χ3v) is 2.73. The number of hydrogen-bond acceptors (Lipinski definition) is 4. The van der Waals surface area contributed by atoms with Crippen LogP contribution in [0.2, 0.25) is 0 Å². The van der Waals surface area contributed by atoms with Crippen LogP contribution in [0.3, 0.4) is 0 Å². The molecule has 0 fully saturated rings. The maximum Gasteiger partial charge on any atom is 0.343 e. The third-order valence-electron chi connectivity index (χ3n) is 2.73. The van der Waals surface area contributed by atoms with E-state index in [0.717, 1.165) is 0 Å². The summed E-state index contributed by atoms with van der Waals surface area (Å²) in [6.45, 7) is 4.81. The smallest absolute Gasteiger partial charge is 0.343 e. The fourth-order valence-corrected chi connectivity index (χ4v) is 1.83. The van der Waals surface area contributed by atoms with Crippen molar-refractivity contribution in [2.75, 3.05) is 13.2 Å². The third kappa shape index (κ3) is 3.99. The molecule has 0 aliphatic carbocycles. The molecule has 0 unspecified atom stereocenters. The molecule has 0 spiro atoms. The van der Waals surface area contributed by atoms with E-state index >= 15 is 0 Å². The number of ether oxygens (including phenoxy) is 3. The van der Waals surface area contributed by atoms with Crippen molar-refractivity contribution in [2.24, 2.45) is 0 Å². The molecule has 0 aliphatic heterocycles. The summed E-state index contributed by atoms with van der Waals surface area (Å²) in [6.07, 6.45) is 0. The Labute approximate surface area is 124 Å². The molecule has 2 rings (SSSR count). The van der Waals surface area contributed by atoms with Crippen molar-refractivity contribution in [1.82, 2.24) is 0 Å². The first kappa shape index (κ1) is 14.9. The van der Waals surface area contributed by atoms with Crippen molar-refractivity contribution in [2.45, 2.75) is 13.8 Å². The molecule has 0 radical (unpaired) electrons. The Hall–Kier alpha value is -2.49. The normalized spacial score (nSPS) is 10.0. The molecular formula is C17H18O4. The highest BCUT2D eigenvalue weighted by molar-refractivity contribution is 5.91. The summed E-state index contributed by atoms with van der Waals surface area (Å²) in [4.78, 5) is 12.1. The molecule has 0 saturated carbocycles. The van der Waals surface area contributed by atoms with Crippen LogP contribution in [-0.2, 0) is 0 Å². The number of para-hydroxylation sites is 1. The van der Waals surface area contributed by atoms with Crippen LogP contribution >= 0.6 is 0 Å². The first-order chi connectivity index (χ1) is 10.2. The molecule has 110 valence electrons. The van der Waals surface area contributed by atoms with Crippen molar-refractivity contribution in [3.63, 3.8) is 0 Å². The monoisotopic (exact) mass is 286 g/mol. The van der Waals surface area contributed by atoms with Gasteiger partial charge in [-0.3, -0.25) is 0 Å². The second-order valence-corrected chi connectivity index (χ2v) is 4.23. The van der Waals surface area contributed by atoms with Gasteiger partial charge in [0.25, 0.3) is 0 Å². The number of rotatable bonds is 6. The van der Waals surface area contributed by atoms with E-state index in [0.29, 0.717) is 36.0 Å².